The highest BCUT2D eigenvalue weighted by atomic mass is 35.5. The number of rotatable bonds is 11. The molecule has 4 aromatic rings. The number of H-pyrrole nitrogens is 1. The van der Waals surface area contributed by atoms with Gasteiger partial charge in [0.05, 0.1) is 38.6 Å². The average molecular weight is 587 g/mol. The van der Waals surface area contributed by atoms with E-state index >= 15 is 0 Å². The van der Waals surface area contributed by atoms with Gasteiger partial charge in [0.25, 0.3) is 0 Å². The molecular weight excluding hydrogens is 549 g/mol. The van der Waals surface area contributed by atoms with E-state index in [9.17, 15) is 10.2 Å². The van der Waals surface area contributed by atoms with Gasteiger partial charge in [-0.15, -0.1) is 0 Å². The molecule has 40 heavy (non-hydrogen) atoms. The molecule has 2 aliphatic rings. The van der Waals surface area contributed by atoms with Crippen LogP contribution in [0.3, 0.4) is 0 Å². The van der Waals surface area contributed by atoms with Crippen LogP contribution in [0.4, 0.5) is 5.82 Å². The number of aliphatic hydroxyl groups excluding tert-OH is 2. The summed E-state index contributed by atoms with van der Waals surface area (Å²) in [5, 5.41) is 27.6. The molecule has 0 amide bonds. The second-order valence-corrected chi connectivity index (χ2v) is 12.5. The minimum absolute atomic E-state index is 0.0318. The quantitative estimate of drug-likeness (QED) is 0.179. The molecule has 1 aromatic carbocycles. The van der Waals surface area contributed by atoms with Gasteiger partial charge in [0, 0.05) is 37.2 Å². The first kappa shape index (κ1) is 27.7. The molecule has 0 aliphatic heterocycles. The van der Waals surface area contributed by atoms with Crippen molar-refractivity contribution in [3.8, 4) is 0 Å². The van der Waals surface area contributed by atoms with Crippen molar-refractivity contribution >= 4 is 51.1 Å². The number of hydrogen-bond acceptors (Lipinski definition) is 7. The van der Waals surface area contributed by atoms with E-state index in [-0.39, 0.29) is 12.0 Å². The normalized spacial score (nSPS) is 23.3. The monoisotopic (exact) mass is 585 g/mol. The Bertz CT molecular complexity index is 1450. The first-order valence-corrected chi connectivity index (χ1v) is 15.1. The van der Waals surface area contributed by atoms with Crippen molar-refractivity contribution in [2.45, 2.75) is 82.7 Å². The third-order valence-electron chi connectivity index (χ3n) is 8.44. The number of aromatic amines is 1. The maximum atomic E-state index is 11.1. The summed E-state index contributed by atoms with van der Waals surface area (Å²) >= 11 is 12.3. The lowest BCUT2D eigenvalue weighted by atomic mass is 10.0. The Hall–Kier alpha value is -2.43. The Labute approximate surface area is 243 Å². The van der Waals surface area contributed by atoms with Gasteiger partial charge >= 0.3 is 0 Å². The molecule has 4 atom stereocenters. The summed E-state index contributed by atoms with van der Waals surface area (Å²) < 4.78 is 2.02. The van der Waals surface area contributed by atoms with E-state index in [1.807, 2.05) is 22.9 Å². The molecular formula is C29H37Cl2N7O2. The highest BCUT2D eigenvalue weighted by molar-refractivity contribution is 6.42. The van der Waals surface area contributed by atoms with Crippen molar-refractivity contribution in [1.29, 1.82) is 0 Å². The first-order chi connectivity index (χ1) is 19.3. The zero-order valence-electron chi connectivity index (χ0n) is 22.9. The maximum absolute atomic E-state index is 11.1. The van der Waals surface area contributed by atoms with Crippen LogP contribution in [0.15, 0.2) is 30.7 Å². The highest BCUT2D eigenvalue weighted by Crippen LogP contribution is 2.39. The smallest absolute Gasteiger partial charge is 0.145 e. The number of hydrogen-bond donors (Lipinski definition) is 4. The van der Waals surface area contributed by atoms with Crippen LogP contribution < -0.4 is 5.32 Å². The second-order valence-electron chi connectivity index (χ2n) is 11.7. The molecule has 214 valence electrons. The minimum atomic E-state index is -0.848. The van der Waals surface area contributed by atoms with Crippen LogP contribution in [0.2, 0.25) is 10.0 Å². The topological polar surface area (TPSA) is 115 Å². The van der Waals surface area contributed by atoms with Crippen LogP contribution in [0.1, 0.15) is 57.8 Å². The molecule has 0 bridgehead atoms. The molecule has 0 spiro atoms. The Kier molecular flexibility index (Phi) is 7.94. The summed E-state index contributed by atoms with van der Waals surface area (Å²) in [6.07, 6.45) is 7.75. The van der Waals surface area contributed by atoms with Crippen molar-refractivity contribution in [2.24, 2.45) is 5.92 Å². The molecule has 2 fully saturated rings. The van der Waals surface area contributed by atoms with E-state index in [2.05, 4.69) is 44.0 Å². The number of nitrogens with one attached hydrogen (secondary N) is 2. The molecule has 3 heterocycles. The van der Waals surface area contributed by atoms with Gasteiger partial charge in [-0.3, -0.25) is 0 Å². The fourth-order valence-electron chi connectivity index (χ4n) is 5.98. The molecule has 0 saturated heterocycles. The Morgan fingerprint density at radius 3 is 2.70 bits per heavy atom. The second kappa shape index (κ2) is 11.4. The summed E-state index contributed by atoms with van der Waals surface area (Å²) in [5.74, 6) is 1.74. The van der Waals surface area contributed by atoms with E-state index in [0.717, 1.165) is 78.9 Å². The van der Waals surface area contributed by atoms with Crippen LogP contribution >= 0.6 is 23.2 Å². The number of aryl methyl sites for hydroxylation is 1. The van der Waals surface area contributed by atoms with Crippen LogP contribution in [-0.4, -0.2) is 77.0 Å². The van der Waals surface area contributed by atoms with Crippen molar-refractivity contribution in [2.75, 3.05) is 18.4 Å². The van der Waals surface area contributed by atoms with Crippen LogP contribution in [0, 0.1) is 5.92 Å². The standard InChI is InChI=1S/C29H37Cl2N7O2/c1-16(2)37(9-4-3-5-25-35-22-12-20(30)21(31)13-23(22)36-25)14-17-11-24(27(40)26(17)39)38-10-8-19-28(34-18-6-7-18)32-15-33-29(19)38/h8,10,12-13,15-18,24,26-27,39-40H,3-7,9,11,14H2,1-2H3,(H,35,36)(H,32,33,34)/t17-,24-,26?,27+/m1/s1. The molecule has 9 nitrogen and oxygen atoms in total. The molecule has 11 heteroatoms. The predicted octanol–water partition coefficient (Wildman–Crippen LogP) is 5.20. The van der Waals surface area contributed by atoms with Gasteiger partial charge in [-0.05, 0) is 70.7 Å². The Morgan fingerprint density at radius 2 is 1.93 bits per heavy atom. The molecule has 2 saturated carbocycles. The summed E-state index contributed by atoms with van der Waals surface area (Å²) in [5.41, 5.74) is 2.52. The number of unbranched alkanes of at least 4 members (excludes halogenated alkanes) is 1. The lowest BCUT2D eigenvalue weighted by Gasteiger charge is -2.30. The van der Waals surface area contributed by atoms with E-state index in [4.69, 9.17) is 23.2 Å². The van der Waals surface area contributed by atoms with Gasteiger partial charge < -0.3 is 30.0 Å². The number of nitrogens with zero attached hydrogens (tertiary/aromatic N) is 5. The maximum Gasteiger partial charge on any atom is 0.145 e. The highest BCUT2D eigenvalue weighted by Gasteiger charge is 2.43. The van der Waals surface area contributed by atoms with E-state index in [1.54, 1.807) is 12.4 Å². The van der Waals surface area contributed by atoms with Crippen LogP contribution in [0.5, 0.6) is 0 Å². The van der Waals surface area contributed by atoms with Crippen molar-refractivity contribution < 1.29 is 10.2 Å². The number of benzene rings is 1. The number of anilines is 1. The molecule has 3 aromatic heterocycles. The summed E-state index contributed by atoms with van der Waals surface area (Å²) in [6.45, 7) is 6.02. The van der Waals surface area contributed by atoms with E-state index < -0.39 is 12.2 Å². The van der Waals surface area contributed by atoms with E-state index in [0.29, 0.717) is 28.5 Å². The van der Waals surface area contributed by atoms with Crippen molar-refractivity contribution in [3.05, 3.63) is 46.6 Å². The van der Waals surface area contributed by atoms with Crippen molar-refractivity contribution in [3.63, 3.8) is 0 Å². The number of aliphatic hydroxyl groups is 2. The minimum Gasteiger partial charge on any atom is -0.390 e. The van der Waals surface area contributed by atoms with Gasteiger partial charge in [-0.25, -0.2) is 15.0 Å². The molecule has 6 rings (SSSR count). The molecule has 1 unspecified atom stereocenters. The fourth-order valence-corrected chi connectivity index (χ4v) is 6.30. The summed E-state index contributed by atoms with van der Waals surface area (Å²) in [7, 11) is 0. The number of aromatic nitrogens is 5. The zero-order valence-corrected chi connectivity index (χ0v) is 24.4. The summed E-state index contributed by atoms with van der Waals surface area (Å²) in [4.78, 5) is 19.4. The van der Waals surface area contributed by atoms with Gasteiger partial charge in [0.1, 0.15) is 29.7 Å². The van der Waals surface area contributed by atoms with Gasteiger partial charge in [-0.1, -0.05) is 23.2 Å². The average Bonchev–Trinajstić information content (AvgIpc) is 3.39. The SMILES string of the molecule is CC(C)N(CCCCc1nc2cc(Cl)c(Cl)cc2[nH]1)C[C@H]1C[C@@H](n2ccc3c(NC4CC4)ncnc32)[C@H](O)C1O. The zero-order chi connectivity index (χ0) is 28.0. The van der Waals surface area contributed by atoms with Gasteiger partial charge in [0.2, 0.25) is 0 Å². The number of imidazole rings is 1. The summed E-state index contributed by atoms with van der Waals surface area (Å²) in [6, 6.07) is 6.21. The lowest BCUT2D eigenvalue weighted by molar-refractivity contribution is -0.00171. The van der Waals surface area contributed by atoms with E-state index in [1.165, 1.54) is 0 Å². The van der Waals surface area contributed by atoms with Crippen LogP contribution in [-0.2, 0) is 6.42 Å². The van der Waals surface area contributed by atoms with Gasteiger partial charge in [-0.2, -0.15) is 0 Å². The van der Waals surface area contributed by atoms with Gasteiger partial charge in [0.15, 0.2) is 0 Å². The molecule has 2 aliphatic carbocycles. The molecule has 0 radical (unpaired) electrons. The van der Waals surface area contributed by atoms with Crippen LogP contribution in [0.25, 0.3) is 22.1 Å². The van der Waals surface area contributed by atoms with Crippen molar-refractivity contribution in [1.82, 2.24) is 29.4 Å². The predicted molar refractivity (Wildman–Crippen MR) is 159 cm³/mol. The Balaban J connectivity index is 1.07. The first-order valence-electron chi connectivity index (χ1n) is 14.3. The molecule has 4 N–H and O–H groups in total. The number of halogens is 2. The lowest BCUT2D eigenvalue weighted by Crippen LogP contribution is -2.40. The number of fused-ring (bicyclic) bond motifs is 2. The third kappa shape index (κ3) is 5.67. The largest absolute Gasteiger partial charge is 0.390 e. The third-order valence-corrected chi connectivity index (χ3v) is 9.16. The Morgan fingerprint density at radius 1 is 1.12 bits per heavy atom. The fraction of sp³-hybridized carbons (Fsp3) is 0.552.